The van der Waals surface area contributed by atoms with Gasteiger partial charge in [0.25, 0.3) is 0 Å². The fourth-order valence-corrected chi connectivity index (χ4v) is 1.83. The summed E-state index contributed by atoms with van der Waals surface area (Å²) in [6.07, 6.45) is 8.14. The second-order valence-corrected chi connectivity index (χ2v) is 7.58. The van der Waals surface area contributed by atoms with Crippen LogP contribution in [-0.2, 0) is 4.74 Å². The zero-order valence-corrected chi connectivity index (χ0v) is 13.9. The third kappa shape index (κ3) is 7.92. The Kier molecular flexibility index (Phi) is 6.63. The largest absolute Gasteiger partial charge is 0.375 e. The molecule has 0 bridgehead atoms. The Balaban J connectivity index is 4.57. The maximum atomic E-state index is 6.03. The third-order valence-corrected chi connectivity index (χ3v) is 3.48. The van der Waals surface area contributed by atoms with Crippen molar-refractivity contribution in [1.82, 2.24) is 0 Å². The average Bonchev–Trinajstić information content (AvgIpc) is 2.20. The molecule has 0 aromatic carbocycles. The molecule has 18 heavy (non-hydrogen) atoms. The van der Waals surface area contributed by atoms with Gasteiger partial charge in [0.05, 0.1) is 12.2 Å². The van der Waals surface area contributed by atoms with Gasteiger partial charge in [-0.25, -0.2) is 0 Å². The Morgan fingerprint density at radius 2 is 1.39 bits per heavy atom. The molecule has 0 aliphatic rings. The van der Waals surface area contributed by atoms with Gasteiger partial charge in [-0.2, -0.15) is 0 Å². The van der Waals surface area contributed by atoms with E-state index in [9.17, 15) is 0 Å². The molecule has 0 rings (SSSR count). The summed E-state index contributed by atoms with van der Waals surface area (Å²) >= 11 is 0. The maximum absolute atomic E-state index is 6.03. The molecule has 0 spiro atoms. The topological polar surface area (TPSA) is 9.23 Å². The van der Waals surface area contributed by atoms with Gasteiger partial charge < -0.3 is 4.74 Å². The number of hydrogen-bond acceptors (Lipinski definition) is 1. The van der Waals surface area contributed by atoms with E-state index in [0.717, 1.165) is 13.0 Å². The van der Waals surface area contributed by atoms with Crippen LogP contribution in [0.5, 0.6) is 0 Å². The van der Waals surface area contributed by atoms with E-state index >= 15 is 0 Å². The molecule has 0 fully saturated rings. The van der Waals surface area contributed by atoms with Gasteiger partial charge in [-0.05, 0) is 50.9 Å². The molecule has 0 aromatic heterocycles. The standard InChI is InChI=1S/C17H34O/c1-9-17(10-2,14-18-16(6,7)8)13-11-12-15(3,4)5/h11-12H,9-10,13-14H2,1-8H3. The molecule has 0 saturated heterocycles. The highest BCUT2D eigenvalue weighted by Gasteiger charge is 2.27. The second kappa shape index (κ2) is 6.75. The Labute approximate surface area is 115 Å². The minimum Gasteiger partial charge on any atom is -0.375 e. The van der Waals surface area contributed by atoms with Crippen molar-refractivity contribution in [2.24, 2.45) is 10.8 Å². The van der Waals surface area contributed by atoms with Crippen LogP contribution in [0.2, 0.25) is 0 Å². The smallest absolute Gasteiger partial charge is 0.0598 e. The molecule has 0 heterocycles. The lowest BCUT2D eigenvalue weighted by molar-refractivity contribution is -0.0545. The van der Waals surface area contributed by atoms with Crippen LogP contribution in [0.1, 0.15) is 74.7 Å². The molecular weight excluding hydrogens is 220 g/mol. The molecule has 0 atom stereocenters. The van der Waals surface area contributed by atoms with Crippen molar-refractivity contribution in [3.63, 3.8) is 0 Å². The van der Waals surface area contributed by atoms with Crippen LogP contribution in [0, 0.1) is 10.8 Å². The Morgan fingerprint density at radius 1 is 0.889 bits per heavy atom. The molecule has 0 unspecified atom stereocenters. The highest BCUT2D eigenvalue weighted by Crippen LogP contribution is 2.33. The molecule has 1 heteroatoms. The van der Waals surface area contributed by atoms with E-state index in [1.54, 1.807) is 0 Å². The zero-order valence-electron chi connectivity index (χ0n) is 13.9. The molecule has 1 nitrogen and oxygen atoms in total. The minimum absolute atomic E-state index is 0.0384. The first-order valence-electron chi connectivity index (χ1n) is 7.35. The monoisotopic (exact) mass is 254 g/mol. The molecule has 0 radical (unpaired) electrons. The van der Waals surface area contributed by atoms with Crippen LogP contribution in [0.3, 0.4) is 0 Å². The number of hydrogen-bond donors (Lipinski definition) is 0. The van der Waals surface area contributed by atoms with Crippen molar-refractivity contribution in [3.8, 4) is 0 Å². The van der Waals surface area contributed by atoms with Gasteiger partial charge in [-0.15, -0.1) is 0 Å². The van der Waals surface area contributed by atoms with Gasteiger partial charge in [0, 0.05) is 0 Å². The SMILES string of the molecule is CCC(CC)(CC=CC(C)(C)C)COC(C)(C)C. The summed E-state index contributed by atoms with van der Waals surface area (Å²) in [6, 6.07) is 0. The molecule has 0 amide bonds. The number of ether oxygens (including phenoxy) is 1. The second-order valence-electron chi connectivity index (χ2n) is 7.58. The first kappa shape index (κ1) is 17.7. The van der Waals surface area contributed by atoms with Crippen molar-refractivity contribution in [1.29, 1.82) is 0 Å². The fraction of sp³-hybridized carbons (Fsp3) is 0.882. The Bertz CT molecular complexity index is 246. The van der Waals surface area contributed by atoms with Gasteiger partial charge in [0.15, 0.2) is 0 Å². The van der Waals surface area contributed by atoms with Gasteiger partial charge in [-0.1, -0.05) is 46.8 Å². The average molecular weight is 254 g/mol. The van der Waals surface area contributed by atoms with Crippen LogP contribution in [-0.4, -0.2) is 12.2 Å². The summed E-state index contributed by atoms with van der Waals surface area (Å²) in [5.74, 6) is 0. The fourth-order valence-electron chi connectivity index (χ4n) is 1.83. The van der Waals surface area contributed by atoms with Gasteiger partial charge in [0.2, 0.25) is 0 Å². The number of rotatable bonds is 6. The summed E-state index contributed by atoms with van der Waals surface area (Å²) in [6.45, 7) is 18.5. The summed E-state index contributed by atoms with van der Waals surface area (Å²) in [5, 5.41) is 0. The van der Waals surface area contributed by atoms with Crippen molar-refractivity contribution in [3.05, 3.63) is 12.2 Å². The molecule has 0 aliphatic heterocycles. The summed E-state index contributed by atoms with van der Waals surface area (Å²) in [4.78, 5) is 0. The molecule has 0 saturated carbocycles. The number of allylic oxidation sites excluding steroid dienone is 2. The van der Waals surface area contributed by atoms with Gasteiger partial charge >= 0.3 is 0 Å². The van der Waals surface area contributed by atoms with E-state index in [-0.39, 0.29) is 11.0 Å². The van der Waals surface area contributed by atoms with E-state index in [1.165, 1.54) is 12.8 Å². The molecule has 108 valence electrons. The van der Waals surface area contributed by atoms with Crippen molar-refractivity contribution >= 4 is 0 Å². The van der Waals surface area contributed by atoms with E-state index in [0.29, 0.717) is 5.41 Å². The quantitative estimate of drug-likeness (QED) is 0.561. The predicted octanol–water partition coefficient (Wildman–Crippen LogP) is 5.60. The van der Waals surface area contributed by atoms with E-state index < -0.39 is 0 Å². The zero-order chi connectivity index (χ0) is 14.4. The van der Waals surface area contributed by atoms with Crippen molar-refractivity contribution in [2.75, 3.05) is 6.61 Å². The highest BCUT2D eigenvalue weighted by molar-refractivity contribution is 4.96. The minimum atomic E-state index is -0.0384. The highest BCUT2D eigenvalue weighted by atomic mass is 16.5. The van der Waals surface area contributed by atoms with Crippen LogP contribution in [0.15, 0.2) is 12.2 Å². The van der Waals surface area contributed by atoms with Gasteiger partial charge in [-0.3, -0.25) is 0 Å². The summed E-state index contributed by atoms with van der Waals surface area (Å²) in [5.41, 5.74) is 0.538. The molecule has 0 N–H and O–H groups in total. The summed E-state index contributed by atoms with van der Waals surface area (Å²) in [7, 11) is 0. The van der Waals surface area contributed by atoms with Crippen molar-refractivity contribution in [2.45, 2.75) is 80.3 Å². The first-order chi connectivity index (χ1) is 8.04. The predicted molar refractivity (Wildman–Crippen MR) is 81.9 cm³/mol. The van der Waals surface area contributed by atoms with Crippen molar-refractivity contribution < 1.29 is 4.74 Å². The Morgan fingerprint density at radius 3 is 1.72 bits per heavy atom. The molecule has 0 aliphatic carbocycles. The van der Waals surface area contributed by atoms with E-state index in [4.69, 9.17) is 4.74 Å². The first-order valence-corrected chi connectivity index (χ1v) is 7.35. The Hall–Kier alpha value is -0.300. The lowest BCUT2D eigenvalue weighted by Crippen LogP contribution is -2.31. The molecule has 0 aromatic rings. The summed E-state index contributed by atoms with van der Waals surface area (Å²) < 4.78 is 6.03. The normalized spacial score (nSPS) is 14.4. The third-order valence-electron chi connectivity index (χ3n) is 3.48. The maximum Gasteiger partial charge on any atom is 0.0598 e. The van der Waals surface area contributed by atoms with Crippen LogP contribution in [0.4, 0.5) is 0 Å². The van der Waals surface area contributed by atoms with Crippen LogP contribution >= 0.6 is 0 Å². The van der Waals surface area contributed by atoms with Gasteiger partial charge in [0.1, 0.15) is 0 Å². The lowest BCUT2D eigenvalue weighted by atomic mass is 9.79. The van der Waals surface area contributed by atoms with E-state index in [1.807, 2.05) is 0 Å². The van der Waals surface area contributed by atoms with Crippen LogP contribution in [0.25, 0.3) is 0 Å². The lowest BCUT2D eigenvalue weighted by Gasteiger charge is -2.34. The van der Waals surface area contributed by atoms with Crippen LogP contribution < -0.4 is 0 Å². The van der Waals surface area contributed by atoms with E-state index in [2.05, 4.69) is 67.5 Å². The molecular formula is C17H34O.